The molecule has 0 radical (unpaired) electrons. The molecule has 1 aromatic carbocycles. The second-order valence-electron chi connectivity index (χ2n) is 5.72. The highest BCUT2D eigenvalue weighted by Crippen LogP contribution is 2.27. The highest BCUT2D eigenvalue weighted by molar-refractivity contribution is 5.90. The molecule has 2 aromatic rings. The second-order valence-corrected chi connectivity index (χ2v) is 5.72. The van der Waals surface area contributed by atoms with Crippen LogP contribution >= 0.6 is 0 Å². The molecule has 1 aliphatic heterocycles. The minimum absolute atomic E-state index is 0.0616. The number of anilines is 1. The quantitative estimate of drug-likeness (QED) is 0.898. The zero-order valence-electron chi connectivity index (χ0n) is 11.4. The van der Waals surface area contributed by atoms with Gasteiger partial charge in [0, 0.05) is 23.4 Å². The van der Waals surface area contributed by atoms with Crippen LogP contribution in [-0.4, -0.2) is 28.4 Å². The number of hydrogen-bond donors (Lipinski definition) is 1. The summed E-state index contributed by atoms with van der Waals surface area (Å²) in [7, 11) is 0. The summed E-state index contributed by atoms with van der Waals surface area (Å²) in [6.07, 6.45) is 3.79. The van der Waals surface area contributed by atoms with E-state index in [0.717, 1.165) is 36.0 Å². The van der Waals surface area contributed by atoms with Gasteiger partial charge in [-0.2, -0.15) is 5.10 Å². The first-order valence-corrected chi connectivity index (χ1v) is 6.75. The Morgan fingerprint density at radius 3 is 3.00 bits per heavy atom. The molecule has 1 aromatic heterocycles. The first kappa shape index (κ1) is 12.4. The lowest BCUT2D eigenvalue weighted by atomic mass is 9.94. The molecule has 1 saturated heterocycles. The number of fused-ring (bicyclic) bond motifs is 1. The van der Waals surface area contributed by atoms with Gasteiger partial charge in [-0.25, -0.2) is 0 Å². The van der Waals surface area contributed by atoms with Gasteiger partial charge >= 0.3 is 0 Å². The van der Waals surface area contributed by atoms with Crippen LogP contribution in [0.15, 0.2) is 30.5 Å². The molecule has 1 fully saturated rings. The highest BCUT2D eigenvalue weighted by Gasteiger charge is 2.29. The fraction of sp³-hybridized carbons (Fsp3) is 0.467. The van der Waals surface area contributed by atoms with Crippen molar-refractivity contribution in [2.75, 3.05) is 11.9 Å². The van der Waals surface area contributed by atoms with Gasteiger partial charge in [0.1, 0.15) is 0 Å². The number of ether oxygens (including phenoxy) is 1. The number of nitrogens with one attached hydrogen (secondary N) is 1. The molecule has 2 heterocycles. The molecule has 1 atom stereocenters. The minimum atomic E-state index is -0.0616. The molecule has 1 unspecified atom stereocenters. The zero-order chi connectivity index (χ0) is 13.3. The van der Waals surface area contributed by atoms with Crippen LogP contribution < -0.4 is 5.32 Å². The van der Waals surface area contributed by atoms with Gasteiger partial charge in [-0.15, -0.1) is 5.10 Å². The number of nitrogens with zero attached hydrogens (tertiary/aromatic N) is 2. The predicted octanol–water partition coefficient (Wildman–Crippen LogP) is 3.00. The summed E-state index contributed by atoms with van der Waals surface area (Å²) >= 11 is 0. The maximum Gasteiger partial charge on any atom is 0.156 e. The Hall–Kier alpha value is -1.68. The van der Waals surface area contributed by atoms with Crippen LogP contribution in [0.2, 0.25) is 0 Å². The number of hydrogen-bond acceptors (Lipinski definition) is 4. The van der Waals surface area contributed by atoms with Gasteiger partial charge in [-0.1, -0.05) is 24.3 Å². The topological polar surface area (TPSA) is 47.0 Å². The number of rotatable bonds is 2. The van der Waals surface area contributed by atoms with Crippen molar-refractivity contribution in [2.24, 2.45) is 0 Å². The average Bonchev–Trinajstić information content (AvgIpc) is 2.38. The molecule has 0 aliphatic carbocycles. The second kappa shape index (κ2) is 4.78. The molecule has 0 bridgehead atoms. The van der Waals surface area contributed by atoms with E-state index in [1.165, 1.54) is 0 Å². The first-order chi connectivity index (χ1) is 9.14. The number of aromatic nitrogens is 2. The third kappa shape index (κ3) is 2.68. The van der Waals surface area contributed by atoms with Gasteiger partial charge in [0.2, 0.25) is 0 Å². The maximum atomic E-state index is 5.74. The third-order valence-corrected chi connectivity index (χ3v) is 3.61. The summed E-state index contributed by atoms with van der Waals surface area (Å²) in [6.45, 7) is 5.06. The molecule has 4 heteroatoms. The van der Waals surface area contributed by atoms with E-state index < -0.39 is 0 Å². The van der Waals surface area contributed by atoms with Gasteiger partial charge in [0.25, 0.3) is 0 Å². The highest BCUT2D eigenvalue weighted by atomic mass is 16.5. The molecule has 19 heavy (non-hydrogen) atoms. The molecule has 1 aliphatic rings. The van der Waals surface area contributed by atoms with Crippen LogP contribution in [0.25, 0.3) is 10.8 Å². The summed E-state index contributed by atoms with van der Waals surface area (Å²) in [5, 5.41) is 14.1. The minimum Gasteiger partial charge on any atom is -0.375 e. The van der Waals surface area contributed by atoms with Crippen LogP contribution in [0.5, 0.6) is 0 Å². The van der Waals surface area contributed by atoms with Gasteiger partial charge < -0.3 is 10.1 Å². The Bertz CT molecular complexity index is 577. The lowest BCUT2D eigenvalue weighted by Gasteiger charge is -2.36. The fourth-order valence-corrected chi connectivity index (χ4v) is 2.68. The van der Waals surface area contributed by atoms with Crippen LogP contribution in [0.1, 0.15) is 26.7 Å². The normalized spacial score (nSPS) is 22.3. The van der Waals surface area contributed by atoms with E-state index in [0.29, 0.717) is 6.04 Å². The molecule has 0 amide bonds. The van der Waals surface area contributed by atoms with Gasteiger partial charge in [-0.05, 0) is 26.7 Å². The average molecular weight is 257 g/mol. The van der Waals surface area contributed by atoms with E-state index >= 15 is 0 Å². The Morgan fingerprint density at radius 2 is 2.16 bits per heavy atom. The van der Waals surface area contributed by atoms with E-state index in [4.69, 9.17) is 4.74 Å². The Morgan fingerprint density at radius 1 is 1.32 bits per heavy atom. The van der Waals surface area contributed by atoms with Crippen LogP contribution in [0, 0.1) is 0 Å². The summed E-state index contributed by atoms with van der Waals surface area (Å²) in [5.41, 5.74) is -0.0616. The molecule has 0 spiro atoms. The zero-order valence-corrected chi connectivity index (χ0v) is 11.4. The van der Waals surface area contributed by atoms with Crippen LogP contribution in [0.3, 0.4) is 0 Å². The van der Waals surface area contributed by atoms with E-state index in [2.05, 4.69) is 41.5 Å². The molecule has 3 rings (SSSR count). The summed E-state index contributed by atoms with van der Waals surface area (Å²) < 4.78 is 5.74. The molecule has 4 nitrogen and oxygen atoms in total. The van der Waals surface area contributed by atoms with Gasteiger partial charge in [-0.3, -0.25) is 0 Å². The van der Waals surface area contributed by atoms with Crippen molar-refractivity contribution in [3.8, 4) is 0 Å². The van der Waals surface area contributed by atoms with Crippen molar-refractivity contribution in [3.05, 3.63) is 30.5 Å². The fourth-order valence-electron chi connectivity index (χ4n) is 2.68. The van der Waals surface area contributed by atoms with Crippen molar-refractivity contribution >= 4 is 16.6 Å². The van der Waals surface area contributed by atoms with E-state index in [1.807, 2.05) is 12.1 Å². The van der Waals surface area contributed by atoms with Crippen LogP contribution in [-0.2, 0) is 4.74 Å². The SMILES string of the molecule is CC1(C)CC(Nc2nncc3ccccc23)CCO1. The monoisotopic (exact) mass is 257 g/mol. The summed E-state index contributed by atoms with van der Waals surface area (Å²) in [4.78, 5) is 0. The Labute approximate surface area is 113 Å². The molecular formula is C15H19N3O. The Balaban J connectivity index is 1.85. The summed E-state index contributed by atoms with van der Waals surface area (Å²) in [6, 6.07) is 8.58. The van der Waals surface area contributed by atoms with Crippen molar-refractivity contribution in [1.29, 1.82) is 0 Å². The summed E-state index contributed by atoms with van der Waals surface area (Å²) in [5.74, 6) is 0.876. The third-order valence-electron chi connectivity index (χ3n) is 3.61. The standard InChI is InChI=1S/C15H19N3O/c1-15(2)9-12(7-8-19-15)17-14-13-6-4-3-5-11(13)10-16-18-14/h3-6,10,12H,7-9H2,1-2H3,(H,17,18). The van der Waals surface area contributed by atoms with Gasteiger partial charge in [0.05, 0.1) is 11.8 Å². The molecular weight excluding hydrogens is 238 g/mol. The number of benzene rings is 1. The van der Waals surface area contributed by atoms with Crippen LogP contribution in [0.4, 0.5) is 5.82 Å². The van der Waals surface area contributed by atoms with E-state index in [-0.39, 0.29) is 5.60 Å². The molecule has 1 N–H and O–H groups in total. The Kier molecular flexibility index (Phi) is 3.11. The molecule has 100 valence electrons. The lowest BCUT2D eigenvalue weighted by molar-refractivity contribution is -0.0553. The van der Waals surface area contributed by atoms with Crippen molar-refractivity contribution in [2.45, 2.75) is 38.3 Å². The maximum absolute atomic E-state index is 5.74. The van der Waals surface area contributed by atoms with Crippen molar-refractivity contribution < 1.29 is 4.74 Å². The van der Waals surface area contributed by atoms with Crippen molar-refractivity contribution in [1.82, 2.24) is 10.2 Å². The van der Waals surface area contributed by atoms with Crippen molar-refractivity contribution in [3.63, 3.8) is 0 Å². The first-order valence-electron chi connectivity index (χ1n) is 6.75. The predicted molar refractivity (Wildman–Crippen MR) is 76.2 cm³/mol. The largest absolute Gasteiger partial charge is 0.375 e. The van der Waals surface area contributed by atoms with E-state index in [1.54, 1.807) is 6.20 Å². The molecule has 0 saturated carbocycles. The van der Waals surface area contributed by atoms with E-state index in [9.17, 15) is 0 Å². The van der Waals surface area contributed by atoms with Gasteiger partial charge in [0.15, 0.2) is 5.82 Å². The lowest BCUT2D eigenvalue weighted by Crippen LogP contribution is -2.40. The smallest absolute Gasteiger partial charge is 0.156 e.